The van der Waals surface area contributed by atoms with Gasteiger partial charge < -0.3 is 14.6 Å². The second kappa shape index (κ2) is 8.19. The van der Waals surface area contributed by atoms with Crippen LogP contribution in [0.25, 0.3) is 11.1 Å². The van der Waals surface area contributed by atoms with Gasteiger partial charge in [0.15, 0.2) is 0 Å². The second-order valence-corrected chi connectivity index (χ2v) is 7.55. The molecular weight excluding hydrogens is 352 g/mol. The fraction of sp³-hybridized carbons (Fsp3) is 0.375. The third-order valence-electron chi connectivity index (χ3n) is 5.57. The van der Waals surface area contributed by atoms with Crippen molar-refractivity contribution in [2.24, 2.45) is 0 Å². The molecule has 0 radical (unpaired) electrons. The molecule has 2 atom stereocenters. The van der Waals surface area contributed by atoms with Gasteiger partial charge in [0.2, 0.25) is 12.0 Å². The highest BCUT2D eigenvalue weighted by molar-refractivity contribution is 5.84. The van der Waals surface area contributed by atoms with Crippen molar-refractivity contribution in [2.45, 2.75) is 51.2 Å². The first kappa shape index (κ1) is 18.8. The number of hydrogen-bond acceptors (Lipinski definition) is 3. The van der Waals surface area contributed by atoms with Crippen molar-refractivity contribution < 1.29 is 19.4 Å². The number of fused-ring (bicyclic) bond motifs is 3. The summed E-state index contributed by atoms with van der Waals surface area (Å²) in [4.78, 5) is 11.5. The summed E-state index contributed by atoms with van der Waals surface area (Å²) in [6, 6.07) is 15.0. The molecule has 4 heteroatoms. The monoisotopic (exact) mass is 378 g/mol. The highest BCUT2D eigenvalue weighted by Crippen LogP contribution is 2.39. The van der Waals surface area contributed by atoms with E-state index in [9.17, 15) is 9.90 Å². The zero-order chi connectivity index (χ0) is 19.5. The average molecular weight is 378 g/mol. The van der Waals surface area contributed by atoms with E-state index in [1.807, 2.05) is 0 Å². The molecule has 0 spiro atoms. The number of benzene rings is 2. The second-order valence-electron chi connectivity index (χ2n) is 7.55. The molecule has 4 nitrogen and oxygen atoms in total. The number of rotatable bonds is 7. The predicted molar refractivity (Wildman–Crippen MR) is 108 cm³/mol. The maximum absolute atomic E-state index is 11.5. The molecular formula is C24H26O4. The number of aliphatic carboxylic acids is 1. The first-order chi connectivity index (χ1) is 13.7. The summed E-state index contributed by atoms with van der Waals surface area (Å²) in [5, 5.41) is 9.45. The first-order valence-corrected chi connectivity index (χ1v) is 10.1. The number of carboxylic acids is 1. The van der Waals surface area contributed by atoms with Crippen molar-refractivity contribution in [2.75, 3.05) is 6.61 Å². The van der Waals surface area contributed by atoms with Crippen molar-refractivity contribution in [1.82, 2.24) is 0 Å². The molecule has 1 aliphatic carbocycles. The van der Waals surface area contributed by atoms with Gasteiger partial charge >= 0.3 is 5.97 Å². The van der Waals surface area contributed by atoms with E-state index in [4.69, 9.17) is 9.47 Å². The fourth-order valence-electron chi connectivity index (χ4n) is 4.11. The van der Waals surface area contributed by atoms with Crippen LogP contribution in [0.2, 0.25) is 0 Å². The van der Waals surface area contributed by atoms with E-state index in [1.165, 1.54) is 22.3 Å². The van der Waals surface area contributed by atoms with Crippen LogP contribution >= 0.6 is 0 Å². The van der Waals surface area contributed by atoms with Crippen molar-refractivity contribution in [3.8, 4) is 11.1 Å². The van der Waals surface area contributed by atoms with Crippen LogP contribution < -0.4 is 0 Å². The Morgan fingerprint density at radius 2 is 1.96 bits per heavy atom. The predicted octanol–water partition coefficient (Wildman–Crippen LogP) is 5.26. The first-order valence-electron chi connectivity index (χ1n) is 10.1. The minimum atomic E-state index is -1.04. The molecule has 1 aliphatic heterocycles. The van der Waals surface area contributed by atoms with Crippen LogP contribution in [0.4, 0.5) is 0 Å². The standard InChI is InChI=1S/C24H26O4/c1-2-3-6-11-27-23-15-18(14-22(28-23)24(25)26)16-9-10-21-19(12-16)13-17-7-4-5-8-20(17)21/h4-5,7-10,12,14,18,23H,2-3,6,11,13,15H2,1H3,(H,25,26)/t18-,23+/m1/s1. The molecule has 2 aromatic rings. The highest BCUT2D eigenvalue weighted by atomic mass is 16.7. The Hall–Kier alpha value is -2.59. The van der Waals surface area contributed by atoms with Gasteiger partial charge in [-0.2, -0.15) is 0 Å². The van der Waals surface area contributed by atoms with Crippen LogP contribution in [0, 0.1) is 0 Å². The van der Waals surface area contributed by atoms with Gasteiger partial charge in [-0.15, -0.1) is 0 Å². The van der Waals surface area contributed by atoms with Gasteiger partial charge in [0.25, 0.3) is 0 Å². The van der Waals surface area contributed by atoms with Crippen LogP contribution in [0.1, 0.15) is 55.2 Å². The number of allylic oxidation sites excluding steroid dienone is 1. The Bertz CT molecular complexity index is 899. The van der Waals surface area contributed by atoms with Crippen molar-refractivity contribution >= 4 is 5.97 Å². The fourth-order valence-corrected chi connectivity index (χ4v) is 4.11. The van der Waals surface area contributed by atoms with Gasteiger partial charge in [-0.1, -0.05) is 62.2 Å². The van der Waals surface area contributed by atoms with E-state index < -0.39 is 12.3 Å². The molecule has 1 heterocycles. The maximum Gasteiger partial charge on any atom is 0.370 e. The lowest BCUT2D eigenvalue weighted by molar-refractivity contribution is -0.157. The molecule has 0 amide bonds. The molecule has 0 saturated heterocycles. The van der Waals surface area contributed by atoms with Gasteiger partial charge in [0.1, 0.15) is 0 Å². The number of carbonyl (C=O) groups is 1. The average Bonchev–Trinajstić information content (AvgIpc) is 3.09. The van der Waals surface area contributed by atoms with E-state index in [1.54, 1.807) is 6.08 Å². The van der Waals surface area contributed by atoms with E-state index in [2.05, 4.69) is 49.4 Å². The van der Waals surface area contributed by atoms with Gasteiger partial charge in [0.05, 0.1) is 6.61 Å². The highest BCUT2D eigenvalue weighted by Gasteiger charge is 2.29. The molecule has 0 fully saturated rings. The Labute approximate surface area is 165 Å². The van der Waals surface area contributed by atoms with Crippen molar-refractivity contribution in [3.05, 3.63) is 71.0 Å². The smallest absolute Gasteiger partial charge is 0.370 e. The third kappa shape index (κ3) is 3.83. The summed E-state index contributed by atoms with van der Waals surface area (Å²) in [6.07, 6.45) is 5.95. The molecule has 0 unspecified atom stereocenters. The summed E-state index contributed by atoms with van der Waals surface area (Å²) in [7, 11) is 0. The Balaban J connectivity index is 1.55. The number of ether oxygens (including phenoxy) is 2. The normalized spacial score (nSPS) is 20.1. The molecule has 0 bridgehead atoms. The summed E-state index contributed by atoms with van der Waals surface area (Å²) < 4.78 is 11.4. The van der Waals surface area contributed by atoms with E-state index in [-0.39, 0.29) is 11.7 Å². The van der Waals surface area contributed by atoms with Crippen LogP contribution in [-0.4, -0.2) is 24.0 Å². The molecule has 1 N–H and O–H groups in total. The summed E-state index contributed by atoms with van der Waals surface area (Å²) in [5.41, 5.74) is 6.35. The molecule has 146 valence electrons. The van der Waals surface area contributed by atoms with Gasteiger partial charge in [-0.3, -0.25) is 0 Å². The largest absolute Gasteiger partial charge is 0.475 e. The van der Waals surface area contributed by atoms with Crippen LogP contribution in [-0.2, 0) is 20.7 Å². The van der Waals surface area contributed by atoms with Gasteiger partial charge in [-0.05, 0) is 46.7 Å². The van der Waals surface area contributed by atoms with Crippen molar-refractivity contribution in [1.29, 1.82) is 0 Å². The topological polar surface area (TPSA) is 55.8 Å². The summed E-state index contributed by atoms with van der Waals surface area (Å²) in [6.45, 7) is 2.74. The minimum Gasteiger partial charge on any atom is -0.475 e. The number of unbranched alkanes of at least 4 members (excludes halogenated alkanes) is 2. The Morgan fingerprint density at radius 1 is 1.14 bits per heavy atom. The Kier molecular flexibility index (Phi) is 5.49. The lowest BCUT2D eigenvalue weighted by atomic mass is 9.90. The molecule has 0 aromatic heterocycles. The van der Waals surface area contributed by atoms with E-state index >= 15 is 0 Å². The van der Waals surface area contributed by atoms with Gasteiger partial charge in [0, 0.05) is 12.3 Å². The summed E-state index contributed by atoms with van der Waals surface area (Å²) >= 11 is 0. The molecule has 2 aliphatic rings. The molecule has 28 heavy (non-hydrogen) atoms. The van der Waals surface area contributed by atoms with Gasteiger partial charge in [-0.25, -0.2) is 4.79 Å². The van der Waals surface area contributed by atoms with E-state index in [0.717, 1.165) is 31.2 Å². The van der Waals surface area contributed by atoms with Crippen molar-refractivity contribution in [3.63, 3.8) is 0 Å². The Morgan fingerprint density at radius 3 is 2.79 bits per heavy atom. The lowest BCUT2D eigenvalue weighted by Gasteiger charge is -2.28. The number of carboxylic acid groups (broad SMARTS) is 1. The van der Waals surface area contributed by atoms with E-state index in [0.29, 0.717) is 13.0 Å². The molecule has 2 aromatic carbocycles. The minimum absolute atomic E-state index is 0.0134. The zero-order valence-corrected chi connectivity index (χ0v) is 16.2. The number of hydrogen-bond donors (Lipinski definition) is 1. The third-order valence-corrected chi connectivity index (χ3v) is 5.57. The summed E-state index contributed by atoms with van der Waals surface area (Å²) in [5.74, 6) is -1.08. The van der Waals surface area contributed by atoms with Crippen LogP contribution in [0.15, 0.2) is 54.3 Å². The quantitative estimate of drug-likeness (QED) is 0.570. The lowest BCUT2D eigenvalue weighted by Crippen LogP contribution is -2.27. The van der Waals surface area contributed by atoms with Crippen LogP contribution in [0.5, 0.6) is 0 Å². The molecule has 4 rings (SSSR count). The van der Waals surface area contributed by atoms with Crippen LogP contribution in [0.3, 0.4) is 0 Å². The maximum atomic E-state index is 11.5. The molecule has 0 saturated carbocycles. The zero-order valence-electron chi connectivity index (χ0n) is 16.2. The SMILES string of the molecule is CCCCCO[C@@H]1C[C@H](c2ccc3c(c2)Cc2ccccc2-3)C=C(C(=O)O)O1.